The number of halogens is 1. The van der Waals surface area contributed by atoms with Gasteiger partial charge in [0.2, 0.25) is 5.91 Å². The normalized spacial score (nSPS) is 11.0. The Labute approximate surface area is 237 Å². The number of aromatic nitrogens is 1. The summed E-state index contributed by atoms with van der Waals surface area (Å²) in [5.41, 5.74) is 3.93. The third-order valence-electron chi connectivity index (χ3n) is 6.52. The number of hydrogen-bond acceptors (Lipinski definition) is 3. The zero-order valence-electron chi connectivity index (χ0n) is 23.5. The van der Waals surface area contributed by atoms with E-state index in [2.05, 4.69) is 30.7 Å². The third-order valence-corrected chi connectivity index (χ3v) is 6.89. The van der Waals surface area contributed by atoms with Gasteiger partial charge in [-0.25, -0.2) is 4.79 Å². The number of aryl methyl sites for hydroxylation is 1. The smallest absolute Gasteiger partial charge is 0.322 e. The highest BCUT2D eigenvalue weighted by Gasteiger charge is 2.23. The van der Waals surface area contributed by atoms with Crippen molar-refractivity contribution in [2.24, 2.45) is 5.92 Å². The summed E-state index contributed by atoms with van der Waals surface area (Å²) in [6.45, 7) is 8.83. The molecule has 3 amide bonds. The molecular formula is C31H41ClN4O3. The van der Waals surface area contributed by atoms with Crippen LogP contribution in [0.3, 0.4) is 0 Å². The molecule has 3 rings (SSSR count). The number of hydrogen-bond donors (Lipinski definition) is 1. The van der Waals surface area contributed by atoms with E-state index in [1.54, 1.807) is 12.0 Å². The minimum Gasteiger partial charge on any atom is -0.385 e. The molecule has 1 heterocycles. The van der Waals surface area contributed by atoms with Gasteiger partial charge < -0.3 is 24.4 Å². The van der Waals surface area contributed by atoms with Crippen LogP contribution in [0.1, 0.15) is 44.0 Å². The molecule has 7 nitrogen and oxygen atoms in total. The summed E-state index contributed by atoms with van der Waals surface area (Å²) in [4.78, 5) is 30.3. The standard InChI is InChI=1S/C31H41ClN4O3/c1-5-25-13-15-27(16-14-25)33-31(38)35(18-9-19-39-4)23-30(37)36(20-24(2)3)22-28-11-8-17-34(28)21-26-10-6-7-12-29(26)32/h6-8,10-17,24H,5,9,18-23H2,1-4H3,(H,33,38). The fourth-order valence-corrected chi connectivity index (χ4v) is 4.59. The highest BCUT2D eigenvalue weighted by Crippen LogP contribution is 2.19. The number of carbonyl (C=O) groups excluding carboxylic acids is 2. The van der Waals surface area contributed by atoms with Crippen molar-refractivity contribution < 1.29 is 14.3 Å². The molecule has 210 valence electrons. The van der Waals surface area contributed by atoms with E-state index in [1.807, 2.05) is 71.8 Å². The van der Waals surface area contributed by atoms with E-state index in [1.165, 1.54) is 5.56 Å². The highest BCUT2D eigenvalue weighted by molar-refractivity contribution is 6.31. The molecular weight excluding hydrogens is 512 g/mol. The van der Waals surface area contributed by atoms with Crippen LogP contribution in [0, 0.1) is 5.92 Å². The van der Waals surface area contributed by atoms with Gasteiger partial charge in [-0.2, -0.15) is 0 Å². The number of urea groups is 1. The lowest BCUT2D eigenvalue weighted by molar-refractivity contribution is -0.133. The summed E-state index contributed by atoms with van der Waals surface area (Å²) in [5.74, 6) is 0.178. The van der Waals surface area contributed by atoms with Crippen LogP contribution in [0.5, 0.6) is 0 Å². The monoisotopic (exact) mass is 552 g/mol. The molecule has 8 heteroatoms. The van der Waals surface area contributed by atoms with Crippen molar-refractivity contribution in [1.82, 2.24) is 14.4 Å². The fraction of sp³-hybridized carbons (Fsp3) is 0.419. The van der Waals surface area contributed by atoms with Gasteiger partial charge in [-0.3, -0.25) is 4.79 Å². The number of nitrogens with zero attached hydrogens (tertiary/aromatic N) is 3. The minimum atomic E-state index is -0.296. The van der Waals surface area contributed by atoms with Crippen molar-refractivity contribution >= 4 is 29.2 Å². The summed E-state index contributed by atoms with van der Waals surface area (Å²) in [6, 6.07) is 19.3. The van der Waals surface area contributed by atoms with E-state index >= 15 is 0 Å². The molecule has 0 saturated heterocycles. The summed E-state index contributed by atoms with van der Waals surface area (Å²) in [5, 5.41) is 3.67. The van der Waals surface area contributed by atoms with Gasteiger partial charge in [0.15, 0.2) is 0 Å². The van der Waals surface area contributed by atoms with Gasteiger partial charge >= 0.3 is 6.03 Å². The Kier molecular flexibility index (Phi) is 11.9. The van der Waals surface area contributed by atoms with Gasteiger partial charge in [0.05, 0.1) is 6.54 Å². The number of nitrogens with one attached hydrogen (secondary N) is 1. The van der Waals surface area contributed by atoms with Gasteiger partial charge in [-0.05, 0) is 60.2 Å². The van der Waals surface area contributed by atoms with Gasteiger partial charge in [0.25, 0.3) is 0 Å². The third kappa shape index (κ3) is 9.44. The maximum Gasteiger partial charge on any atom is 0.322 e. The van der Waals surface area contributed by atoms with E-state index in [9.17, 15) is 9.59 Å². The molecule has 0 aliphatic heterocycles. The first-order chi connectivity index (χ1) is 18.8. The minimum absolute atomic E-state index is 0.0134. The maximum atomic E-state index is 13.7. The lowest BCUT2D eigenvalue weighted by Gasteiger charge is -2.29. The Morgan fingerprint density at radius 1 is 1.03 bits per heavy atom. The van der Waals surface area contributed by atoms with E-state index in [4.69, 9.17) is 16.3 Å². The van der Waals surface area contributed by atoms with Crippen LogP contribution in [0.4, 0.5) is 10.5 Å². The number of carbonyl (C=O) groups is 2. The van der Waals surface area contributed by atoms with Gasteiger partial charge in [0, 0.05) is 56.0 Å². The second kappa shape index (κ2) is 15.3. The lowest BCUT2D eigenvalue weighted by Crippen LogP contribution is -2.46. The van der Waals surface area contributed by atoms with Crippen LogP contribution >= 0.6 is 11.6 Å². The molecule has 0 saturated carbocycles. The molecule has 3 aromatic rings. The maximum absolute atomic E-state index is 13.7. The van der Waals surface area contributed by atoms with Crippen molar-refractivity contribution in [2.75, 3.05) is 38.7 Å². The fourth-order valence-electron chi connectivity index (χ4n) is 4.39. The first-order valence-electron chi connectivity index (χ1n) is 13.6. The number of ether oxygens (including phenoxy) is 1. The quantitative estimate of drug-likeness (QED) is 0.238. The van der Waals surface area contributed by atoms with Crippen LogP contribution in [-0.4, -0.2) is 59.7 Å². The van der Waals surface area contributed by atoms with E-state index in [0.717, 1.165) is 17.7 Å². The molecule has 2 aromatic carbocycles. The lowest BCUT2D eigenvalue weighted by atomic mass is 10.1. The zero-order valence-corrected chi connectivity index (χ0v) is 24.3. The van der Waals surface area contributed by atoms with E-state index in [0.29, 0.717) is 49.9 Å². The predicted molar refractivity (Wildman–Crippen MR) is 158 cm³/mol. The summed E-state index contributed by atoms with van der Waals surface area (Å²) >= 11 is 6.40. The highest BCUT2D eigenvalue weighted by atomic mass is 35.5. The van der Waals surface area contributed by atoms with E-state index < -0.39 is 0 Å². The molecule has 39 heavy (non-hydrogen) atoms. The molecule has 0 unspecified atom stereocenters. The number of rotatable bonds is 14. The average molecular weight is 553 g/mol. The van der Waals surface area contributed by atoms with Crippen molar-refractivity contribution in [2.45, 2.75) is 46.7 Å². The molecule has 0 spiro atoms. The summed E-state index contributed by atoms with van der Waals surface area (Å²) < 4.78 is 7.31. The van der Waals surface area contributed by atoms with Crippen molar-refractivity contribution in [1.29, 1.82) is 0 Å². The van der Waals surface area contributed by atoms with Crippen LogP contribution < -0.4 is 5.32 Å². The molecule has 0 atom stereocenters. The molecule has 0 fully saturated rings. The number of anilines is 1. The van der Waals surface area contributed by atoms with Gasteiger partial charge in [0.1, 0.15) is 6.54 Å². The molecule has 0 aliphatic rings. The Balaban J connectivity index is 1.74. The Morgan fingerprint density at radius 3 is 2.44 bits per heavy atom. The Morgan fingerprint density at radius 2 is 1.77 bits per heavy atom. The molecule has 1 N–H and O–H groups in total. The number of methoxy groups -OCH3 is 1. The molecule has 0 aliphatic carbocycles. The summed E-state index contributed by atoms with van der Waals surface area (Å²) in [7, 11) is 1.63. The van der Waals surface area contributed by atoms with Crippen molar-refractivity contribution in [3.8, 4) is 0 Å². The predicted octanol–water partition coefficient (Wildman–Crippen LogP) is 6.31. The van der Waals surface area contributed by atoms with Gasteiger partial charge in [-0.15, -0.1) is 0 Å². The van der Waals surface area contributed by atoms with Crippen LogP contribution in [-0.2, 0) is 29.0 Å². The Hall–Kier alpha value is -3.29. The topological polar surface area (TPSA) is 66.8 Å². The largest absolute Gasteiger partial charge is 0.385 e. The number of amides is 3. The molecule has 0 bridgehead atoms. The van der Waals surface area contributed by atoms with Crippen LogP contribution in [0.15, 0.2) is 66.9 Å². The molecule has 1 aromatic heterocycles. The average Bonchev–Trinajstić information content (AvgIpc) is 3.35. The van der Waals surface area contributed by atoms with Crippen LogP contribution in [0.2, 0.25) is 5.02 Å². The van der Waals surface area contributed by atoms with Crippen molar-refractivity contribution in [3.63, 3.8) is 0 Å². The Bertz CT molecular complexity index is 1190. The number of benzene rings is 2. The van der Waals surface area contributed by atoms with Crippen molar-refractivity contribution in [3.05, 3.63) is 88.7 Å². The van der Waals surface area contributed by atoms with Gasteiger partial charge in [-0.1, -0.05) is 62.7 Å². The van der Waals surface area contributed by atoms with Crippen LogP contribution in [0.25, 0.3) is 0 Å². The zero-order chi connectivity index (χ0) is 28.2. The second-order valence-electron chi connectivity index (χ2n) is 10.1. The summed E-state index contributed by atoms with van der Waals surface area (Å²) in [6.07, 6.45) is 3.57. The second-order valence-corrected chi connectivity index (χ2v) is 10.5. The van der Waals surface area contributed by atoms with E-state index in [-0.39, 0.29) is 24.4 Å². The molecule has 0 radical (unpaired) electrons. The first kappa shape index (κ1) is 30.3. The first-order valence-corrected chi connectivity index (χ1v) is 14.0. The SMILES string of the molecule is CCc1ccc(NC(=O)N(CCCOC)CC(=O)N(Cc2cccn2Cc2ccccc2Cl)CC(C)C)cc1.